The predicted molar refractivity (Wildman–Crippen MR) is 96.5 cm³/mol. The van der Waals surface area contributed by atoms with E-state index < -0.39 is 12.0 Å². The third-order valence-corrected chi connectivity index (χ3v) is 5.45. The Bertz CT molecular complexity index is 842. The molecule has 2 aromatic rings. The van der Waals surface area contributed by atoms with Crippen LogP contribution in [0.25, 0.3) is 0 Å². The van der Waals surface area contributed by atoms with E-state index in [1.54, 1.807) is 35.4 Å². The second-order valence-electron chi connectivity index (χ2n) is 7.09. The standard InChI is InChI=1S/C20H21N3O4/c24-19(23-16-7-2-1-4-13(16)11-17(23)20(25)26)14-5-3-6-15(10-14)27-18-12-21-8-9-22-18/h3,5-6,8-10,12-13,16-17H,1-2,4,7,11H2,(H,25,26). The van der Waals surface area contributed by atoms with Gasteiger partial charge < -0.3 is 14.7 Å². The van der Waals surface area contributed by atoms with Crippen molar-refractivity contribution >= 4 is 11.9 Å². The van der Waals surface area contributed by atoms with Gasteiger partial charge in [-0.2, -0.15) is 0 Å². The van der Waals surface area contributed by atoms with Gasteiger partial charge in [-0.1, -0.05) is 18.9 Å². The number of ether oxygens (including phenoxy) is 1. The third kappa shape index (κ3) is 3.49. The van der Waals surface area contributed by atoms with Crippen LogP contribution in [-0.4, -0.2) is 43.9 Å². The quantitative estimate of drug-likeness (QED) is 0.892. The largest absolute Gasteiger partial charge is 0.480 e. The summed E-state index contributed by atoms with van der Waals surface area (Å²) >= 11 is 0. The summed E-state index contributed by atoms with van der Waals surface area (Å²) in [5, 5.41) is 9.64. The molecule has 3 unspecified atom stereocenters. The Labute approximate surface area is 157 Å². The minimum Gasteiger partial charge on any atom is -0.480 e. The lowest BCUT2D eigenvalue weighted by Crippen LogP contribution is -2.46. The molecule has 2 aliphatic rings. The highest BCUT2D eigenvalue weighted by Gasteiger charge is 2.47. The van der Waals surface area contributed by atoms with Gasteiger partial charge in [-0.15, -0.1) is 0 Å². The molecule has 140 valence electrons. The van der Waals surface area contributed by atoms with Crippen molar-refractivity contribution in [3.63, 3.8) is 0 Å². The topological polar surface area (TPSA) is 92.6 Å². The molecule has 1 aromatic carbocycles. The van der Waals surface area contributed by atoms with Crippen LogP contribution >= 0.6 is 0 Å². The molecule has 1 aliphatic heterocycles. The number of hydrogen-bond donors (Lipinski definition) is 1. The molecule has 4 rings (SSSR count). The average Bonchev–Trinajstić information content (AvgIpc) is 3.08. The number of benzene rings is 1. The zero-order valence-electron chi connectivity index (χ0n) is 14.8. The number of carbonyl (C=O) groups excluding carboxylic acids is 1. The molecule has 2 heterocycles. The van der Waals surface area contributed by atoms with Gasteiger partial charge in [0.1, 0.15) is 11.8 Å². The summed E-state index contributed by atoms with van der Waals surface area (Å²) < 4.78 is 5.65. The van der Waals surface area contributed by atoms with Crippen molar-refractivity contribution in [2.75, 3.05) is 0 Å². The first-order chi connectivity index (χ1) is 13.1. The molecule has 7 nitrogen and oxygen atoms in total. The Morgan fingerprint density at radius 3 is 2.81 bits per heavy atom. The van der Waals surface area contributed by atoms with E-state index in [0.29, 0.717) is 23.6 Å². The van der Waals surface area contributed by atoms with Crippen molar-refractivity contribution in [2.24, 2.45) is 5.92 Å². The van der Waals surface area contributed by atoms with Crippen LogP contribution in [0.4, 0.5) is 0 Å². The summed E-state index contributed by atoms with van der Waals surface area (Å²) in [4.78, 5) is 34.6. The maximum atomic E-state index is 13.2. The van der Waals surface area contributed by atoms with Gasteiger partial charge in [0.2, 0.25) is 5.88 Å². The molecule has 3 atom stereocenters. The molecule has 1 N–H and O–H groups in total. The number of hydrogen-bond acceptors (Lipinski definition) is 5. The van der Waals surface area contributed by atoms with Gasteiger partial charge >= 0.3 is 5.97 Å². The lowest BCUT2D eigenvalue weighted by atomic mass is 9.84. The second kappa shape index (κ2) is 7.34. The number of carbonyl (C=O) groups is 2. The number of rotatable bonds is 4. The van der Waals surface area contributed by atoms with E-state index in [2.05, 4.69) is 9.97 Å². The van der Waals surface area contributed by atoms with Crippen LogP contribution in [0.2, 0.25) is 0 Å². The maximum Gasteiger partial charge on any atom is 0.326 e. The van der Waals surface area contributed by atoms with Crippen LogP contribution in [0, 0.1) is 5.92 Å². The highest BCUT2D eigenvalue weighted by molar-refractivity contribution is 5.97. The molecule has 0 radical (unpaired) electrons. The van der Waals surface area contributed by atoms with Gasteiger partial charge in [0.25, 0.3) is 5.91 Å². The Morgan fingerprint density at radius 1 is 1.19 bits per heavy atom. The molecule has 27 heavy (non-hydrogen) atoms. The van der Waals surface area contributed by atoms with Gasteiger partial charge in [-0.25, -0.2) is 9.78 Å². The van der Waals surface area contributed by atoms with Gasteiger partial charge in [-0.3, -0.25) is 9.78 Å². The first-order valence-corrected chi connectivity index (χ1v) is 9.23. The molecule has 1 aromatic heterocycles. The summed E-state index contributed by atoms with van der Waals surface area (Å²) in [7, 11) is 0. The summed E-state index contributed by atoms with van der Waals surface area (Å²) in [5.41, 5.74) is 0.425. The van der Waals surface area contributed by atoms with Crippen LogP contribution < -0.4 is 4.74 Å². The Kier molecular flexibility index (Phi) is 4.75. The lowest BCUT2D eigenvalue weighted by molar-refractivity contribution is -0.141. The summed E-state index contributed by atoms with van der Waals surface area (Å²) in [5.74, 6) is -0.0967. The van der Waals surface area contributed by atoms with Crippen molar-refractivity contribution in [1.82, 2.24) is 14.9 Å². The maximum absolute atomic E-state index is 13.2. The second-order valence-corrected chi connectivity index (χ2v) is 7.09. The molecule has 1 aliphatic carbocycles. The summed E-state index contributed by atoms with van der Waals surface area (Å²) in [6, 6.07) is 6.04. The van der Waals surface area contributed by atoms with E-state index >= 15 is 0 Å². The first-order valence-electron chi connectivity index (χ1n) is 9.23. The first kappa shape index (κ1) is 17.5. The van der Waals surface area contributed by atoms with Crippen LogP contribution in [0.1, 0.15) is 42.5 Å². The Balaban J connectivity index is 1.59. The molecule has 0 bridgehead atoms. The predicted octanol–water partition coefficient (Wildman–Crippen LogP) is 3.13. The molecular formula is C20H21N3O4. The summed E-state index contributed by atoms with van der Waals surface area (Å²) in [6.45, 7) is 0. The van der Waals surface area contributed by atoms with Crippen molar-refractivity contribution in [2.45, 2.75) is 44.2 Å². The highest BCUT2D eigenvalue weighted by atomic mass is 16.5. The van der Waals surface area contributed by atoms with E-state index in [-0.39, 0.29) is 17.9 Å². The molecule has 0 spiro atoms. The number of likely N-dealkylation sites (tertiary alicyclic amines) is 1. The number of amides is 1. The zero-order valence-corrected chi connectivity index (χ0v) is 14.8. The molecule has 1 saturated carbocycles. The molecule has 1 saturated heterocycles. The zero-order chi connectivity index (χ0) is 18.8. The van der Waals surface area contributed by atoms with Crippen molar-refractivity contribution in [3.05, 3.63) is 48.4 Å². The van der Waals surface area contributed by atoms with E-state index in [4.69, 9.17) is 4.74 Å². The van der Waals surface area contributed by atoms with Crippen molar-refractivity contribution in [3.8, 4) is 11.6 Å². The van der Waals surface area contributed by atoms with E-state index in [1.807, 2.05) is 0 Å². The smallest absolute Gasteiger partial charge is 0.326 e. The van der Waals surface area contributed by atoms with Gasteiger partial charge in [0, 0.05) is 24.0 Å². The molecule has 1 amide bonds. The van der Waals surface area contributed by atoms with Crippen molar-refractivity contribution < 1.29 is 19.4 Å². The van der Waals surface area contributed by atoms with Crippen LogP contribution in [-0.2, 0) is 4.79 Å². The number of carboxylic acids is 1. The fraction of sp³-hybridized carbons (Fsp3) is 0.400. The van der Waals surface area contributed by atoms with Gasteiger partial charge in [-0.05, 0) is 43.4 Å². The minimum atomic E-state index is -0.926. The average molecular weight is 367 g/mol. The van der Waals surface area contributed by atoms with Crippen LogP contribution in [0.15, 0.2) is 42.9 Å². The number of fused-ring (bicyclic) bond motifs is 1. The van der Waals surface area contributed by atoms with Gasteiger partial charge in [0.05, 0.1) is 6.20 Å². The monoisotopic (exact) mass is 367 g/mol. The number of aromatic nitrogens is 2. The summed E-state index contributed by atoms with van der Waals surface area (Å²) in [6.07, 6.45) is 9.11. The van der Waals surface area contributed by atoms with Gasteiger partial charge in [0.15, 0.2) is 0 Å². The number of aliphatic carboxylic acids is 1. The lowest BCUT2D eigenvalue weighted by Gasteiger charge is -2.33. The molecular weight excluding hydrogens is 346 g/mol. The SMILES string of the molecule is O=C(O)C1CC2CCCCC2N1C(=O)c1cccc(Oc2cnccn2)c1. The van der Waals surface area contributed by atoms with E-state index in [9.17, 15) is 14.7 Å². The third-order valence-electron chi connectivity index (χ3n) is 5.45. The normalized spacial score (nSPS) is 24.3. The van der Waals surface area contributed by atoms with Crippen molar-refractivity contribution in [1.29, 1.82) is 0 Å². The number of nitrogens with zero attached hydrogens (tertiary/aromatic N) is 3. The Hall–Kier alpha value is -2.96. The van der Waals surface area contributed by atoms with Crippen LogP contribution in [0.3, 0.4) is 0 Å². The Morgan fingerprint density at radius 2 is 2.04 bits per heavy atom. The fourth-order valence-corrected chi connectivity index (χ4v) is 4.27. The minimum absolute atomic E-state index is 0.0110. The van der Waals surface area contributed by atoms with E-state index in [1.165, 1.54) is 12.4 Å². The highest BCUT2D eigenvalue weighted by Crippen LogP contribution is 2.40. The van der Waals surface area contributed by atoms with Crippen LogP contribution in [0.5, 0.6) is 11.6 Å². The fourth-order valence-electron chi connectivity index (χ4n) is 4.27. The number of carboxylic acid groups (broad SMARTS) is 1. The van der Waals surface area contributed by atoms with E-state index in [0.717, 1.165) is 25.7 Å². The molecule has 2 fully saturated rings. The molecule has 7 heteroatoms.